The maximum absolute atomic E-state index is 12.7. The third-order valence-electron chi connectivity index (χ3n) is 4.57. The lowest BCUT2D eigenvalue weighted by Gasteiger charge is -2.07. The van der Waals surface area contributed by atoms with Crippen molar-refractivity contribution in [3.63, 3.8) is 0 Å². The molecule has 1 aliphatic rings. The average Bonchev–Trinajstić information content (AvgIpc) is 3.46. The van der Waals surface area contributed by atoms with E-state index in [1.54, 1.807) is 19.5 Å². The van der Waals surface area contributed by atoms with Gasteiger partial charge >= 0.3 is 0 Å². The Balaban J connectivity index is 1.78. The predicted octanol–water partition coefficient (Wildman–Crippen LogP) is 2.94. The number of pyridine rings is 1. The highest BCUT2D eigenvalue weighted by atomic mass is 32.2. The van der Waals surface area contributed by atoms with E-state index in [0.29, 0.717) is 28.2 Å². The zero-order chi connectivity index (χ0) is 19.0. The number of anilines is 2. The number of nitrogen functional groups attached to an aromatic ring is 2. The van der Waals surface area contributed by atoms with Crippen LogP contribution in [0.5, 0.6) is 0 Å². The Morgan fingerprint density at radius 1 is 1.30 bits per heavy atom. The SMILES string of the molecule is COCCC[S@@](=O)c1sc2nc(-c3cnc(N)nc3)cc(C3CC3)c2c1N. The van der Waals surface area contributed by atoms with Gasteiger partial charge in [0.2, 0.25) is 5.95 Å². The lowest BCUT2D eigenvalue weighted by atomic mass is 10.0. The van der Waals surface area contributed by atoms with Crippen molar-refractivity contribution in [3.05, 3.63) is 24.0 Å². The normalized spacial score (nSPS) is 15.3. The quantitative estimate of drug-likeness (QED) is 0.582. The van der Waals surface area contributed by atoms with Crippen molar-refractivity contribution in [2.75, 3.05) is 30.9 Å². The minimum atomic E-state index is -1.15. The van der Waals surface area contributed by atoms with E-state index in [9.17, 15) is 4.21 Å². The van der Waals surface area contributed by atoms with Gasteiger partial charge in [-0.1, -0.05) is 0 Å². The van der Waals surface area contributed by atoms with Crippen LogP contribution in [-0.2, 0) is 15.5 Å². The van der Waals surface area contributed by atoms with Gasteiger partial charge in [0, 0.05) is 42.8 Å². The monoisotopic (exact) mass is 403 g/mol. The summed E-state index contributed by atoms with van der Waals surface area (Å²) in [6, 6.07) is 2.07. The van der Waals surface area contributed by atoms with Crippen molar-refractivity contribution in [1.82, 2.24) is 15.0 Å². The maximum atomic E-state index is 12.7. The van der Waals surface area contributed by atoms with Crippen LogP contribution in [-0.4, -0.2) is 38.6 Å². The molecule has 1 saturated carbocycles. The molecular formula is C18H21N5O2S2. The molecule has 9 heteroatoms. The highest BCUT2D eigenvalue weighted by molar-refractivity contribution is 7.87. The van der Waals surface area contributed by atoms with Crippen molar-refractivity contribution in [2.24, 2.45) is 0 Å². The second kappa shape index (κ2) is 7.49. The summed E-state index contributed by atoms with van der Waals surface area (Å²) in [7, 11) is 0.492. The highest BCUT2D eigenvalue weighted by Gasteiger charge is 2.29. The van der Waals surface area contributed by atoms with Crippen LogP contribution in [0.3, 0.4) is 0 Å². The van der Waals surface area contributed by atoms with Crippen LogP contribution in [0.4, 0.5) is 11.6 Å². The second-order valence-electron chi connectivity index (χ2n) is 6.58. The van der Waals surface area contributed by atoms with Gasteiger partial charge in [0.25, 0.3) is 0 Å². The molecular weight excluding hydrogens is 382 g/mol. The van der Waals surface area contributed by atoms with Gasteiger partial charge in [0.1, 0.15) is 9.04 Å². The fourth-order valence-electron chi connectivity index (χ4n) is 3.06. The van der Waals surface area contributed by atoms with E-state index in [-0.39, 0.29) is 5.95 Å². The maximum Gasteiger partial charge on any atom is 0.219 e. The summed E-state index contributed by atoms with van der Waals surface area (Å²) in [6.07, 6.45) is 6.35. The Morgan fingerprint density at radius 2 is 2.04 bits per heavy atom. The fraction of sp³-hybridized carbons (Fsp3) is 0.389. The number of aromatic nitrogens is 3. The summed E-state index contributed by atoms with van der Waals surface area (Å²) in [5.74, 6) is 1.24. The van der Waals surface area contributed by atoms with E-state index >= 15 is 0 Å². The van der Waals surface area contributed by atoms with Gasteiger partial charge in [-0.3, -0.25) is 4.21 Å². The second-order valence-corrected chi connectivity index (χ2v) is 9.35. The molecule has 3 aromatic rings. The number of ether oxygens (including phenoxy) is 1. The number of fused-ring (bicyclic) bond motifs is 1. The molecule has 0 aromatic carbocycles. The van der Waals surface area contributed by atoms with E-state index in [1.807, 2.05) is 0 Å². The molecule has 0 amide bonds. The summed E-state index contributed by atoms with van der Waals surface area (Å²) >= 11 is 1.42. The van der Waals surface area contributed by atoms with Crippen LogP contribution >= 0.6 is 11.3 Å². The van der Waals surface area contributed by atoms with Crippen LogP contribution in [0.1, 0.15) is 30.7 Å². The number of rotatable bonds is 7. The topological polar surface area (TPSA) is 117 Å². The van der Waals surface area contributed by atoms with Crippen molar-refractivity contribution in [2.45, 2.75) is 29.4 Å². The van der Waals surface area contributed by atoms with Crippen LogP contribution < -0.4 is 11.5 Å². The third kappa shape index (κ3) is 3.67. The molecule has 0 radical (unpaired) electrons. The van der Waals surface area contributed by atoms with E-state index in [4.69, 9.17) is 21.2 Å². The lowest BCUT2D eigenvalue weighted by Crippen LogP contribution is -2.02. The van der Waals surface area contributed by atoms with Crippen LogP contribution in [0.25, 0.3) is 21.5 Å². The fourth-order valence-corrected chi connectivity index (χ4v) is 5.69. The molecule has 0 unspecified atom stereocenters. The Bertz CT molecular complexity index is 999. The minimum Gasteiger partial charge on any atom is -0.396 e. The molecule has 1 aliphatic carbocycles. The minimum absolute atomic E-state index is 0.233. The summed E-state index contributed by atoms with van der Waals surface area (Å²) < 4.78 is 18.5. The van der Waals surface area contributed by atoms with Gasteiger partial charge in [0.15, 0.2) is 0 Å². The first-order valence-electron chi connectivity index (χ1n) is 8.76. The third-order valence-corrected chi connectivity index (χ3v) is 7.56. The molecule has 7 nitrogen and oxygen atoms in total. The molecule has 3 aromatic heterocycles. The first-order valence-corrected chi connectivity index (χ1v) is 10.9. The Labute approximate surface area is 163 Å². The molecule has 27 heavy (non-hydrogen) atoms. The standard InChI is InChI=1S/C18H21N5O2S2/c1-25-5-2-6-27(24)17-15(19)14-12(10-3-4-10)7-13(23-16(14)26-17)11-8-21-18(20)22-9-11/h7-10H,2-6,19H2,1H3,(H2,20,21,22)/t27-/m1/s1. The summed E-state index contributed by atoms with van der Waals surface area (Å²) in [6.45, 7) is 0.587. The molecule has 1 atom stereocenters. The van der Waals surface area contributed by atoms with E-state index in [1.165, 1.54) is 16.9 Å². The molecule has 0 bridgehead atoms. The van der Waals surface area contributed by atoms with Gasteiger partial charge in [-0.25, -0.2) is 15.0 Å². The molecule has 4 N–H and O–H groups in total. The number of hydrogen-bond acceptors (Lipinski definition) is 8. The van der Waals surface area contributed by atoms with Crippen molar-refractivity contribution >= 4 is 44.0 Å². The van der Waals surface area contributed by atoms with E-state index in [2.05, 4.69) is 16.0 Å². The first kappa shape index (κ1) is 18.3. The predicted molar refractivity (Wildman–Crippen MR) is 109 cm³/mol. The number of nitrogens with zero attached hydrogens (tertiary/aromatic N) is 3. The van der Waals surface area contributed by atoms with E-state index < -0.39 is 10.8 Å². The summed E-state index contributed by atoms with van der Waals surface area (Å²) in [5.41, 5.74) is 15.4. The Hall–Kier alpha value is -2.10. The molecule has 0 spiro atoms. The molecule has 1 fully saturated rings. The summed E-state index contributed by atoms with van der Waals surface area (Å²) in [4.78, 5) is 13.7. The van der Waals surface area contributed by atoms with Gasteiger partial charge in [-0.2, -0.15) is 0 Å². The summed E-state index contributed by atoms with van der Waals surface area (Å²) in [5, 5.41) is 0.956. The molecule has 0 saturated heterocycles. The zero-order valence-corrected chi connectivity index (χ0v) is 16.6. The average molecular weight is 404 g/mol. The Kier molecular flexibility index (Phi) is 5.07. The largest absolute Gasteiger partial charge is 0.396 e. The number of thiophene rings is 1. The molecule has 3 heterocycles. The van der Waals surface area contributed by atoms with Crippen LogP contribution in [0.15, 0.2) is 22.7 Å². The lowest BCUT2D eigenvalue weighted by molar-refractivity contribution is 0.200. The van der Waals surface area contributed by atoms with Gasteiger partial charge < -0.3 is 16.2 Å². The van der Waals surface area contributed by atoms with Crippen molar-refractivity contribution < 1.29 is 8.95 Å². The van der Waals surface area contributed by atoms with Crippen molar-refractivity contribution in [1.29, 1.82) is 0 Å². The number of nitrogens with two attached hydrogens (primary N) is 2. The zero-order valence-electron chi connectivity index (χ0n) is 15.0. The molecule has 0 aliphatic heterocycles. The van der Waals surface area contributed by atoms with Crippen LogP contribution in [0, 0.1) is 0 Å². The van der Waals surface area contributed by atoms with E-state index in [0.717, 1.165) is 40.7 Å². The molecule has 142 valence electrons. The Morgan fingerprint density at radius 3 is 2.70 bits per heavy atom. The molecule has 4 rings (SSSR count). The number of hydrogen-bond donors (Lipinski definition) is 2. The van der Waals surface area contributed by atoms with Crippen molar-refractivity contribution in [3.8, 4) is 11.3 Å². The van der Waals surface area contributed by atoms with Gasteiger partial charge in [-0.15, -0.1) is 11.3 Å². The smallest absolute Gasteiger partial charge is 0.219 e. The first-order chi connectivity index (χ1) is 13.1. The van der Waals surface area contributed by atoms with Gasteiger partial charge in [-0.05, 0) is 36.8 Å². The van der Waals surface area contributed by atoms with Gasteiger partial charge in [0.05, 0.1) is 22.2 Å². The highest BCUT2D eigenvalue weighted by Crippen LogP contribution is 2.48. The number of methoxy groups -OCH3 is 1. The van der Waals surface area contributed by atoms with Crippen LogP contribution in [0.2, 0.25) is 0 Å².